The number of nitrogens with zero attached hydrogens (tertiary/aromatic N) is 1. The van der Waals surface area contributed by atoms with E-state index in [4.69, 9.17) is 0 Å². The first-order chi connectivity index (χ1) is 7.40. The minimum Gasteiger partial charge on any atom is -0.333 e. The van der Waals surface area contributed by atoms with E-state index in [0.717, 1.165) is 16.7 Å². The predicted octanol–water partition coefficient (Wildman–Crippen LogP) is 2.20. The number of carbonyl (C=O) groups excluding carboxylic acids is 1. The van der Waals surface area contributed by atoms with Crippen LogP contribution >= 0.6 is 11.3 Å². The maximum Gasteiger partial charge on any atom is 0.151 e. The largest absolute Gasteiger partial charge is 0.333 e. The van der Waals surface area contributed by atoms with Crippen LogP contribution in [-0.4, -0.2) is 18.3 Å². The quantitative estimate of drug-likeness (QED) is 0.789. The lowest BCUT2D eigenvalue weighted by Crippen LogP contribution is -1.83. The average Bonchev–Trinajstić information content (AvgIpc) is 2.85. The standard InChI is InChI=1S/C10H7NOS.CH5N/c12-7-8-4-9(6-11-5-8)10-2-1-3-13-10;1-2/h1-7H;2H2,1H3. The van der Waals surface area contributed by atoms with Crippen LogP contribution in [0.25, 0.3) is 10.4 Å². The van der Waals surface area contributed by atoms with E-state index in [9.17, 15) is 4.79 Å². The summed E-state index contributed by atoms with van der Waals surface area (Å²) in [6.45, 7) is 0. The van der Waals surface area contributed by atoms with Gasteiger partial charge in [0.05, 0.1) is 0 Å². The molecule has 0 aliphatic heterocycles. The Balaban J connectivity index is 0.000000531. The average molecular weight is 220 g/mol. The third-order valence-corrected chi connectivity index (χ3v) is 2.62. The predicted molar refractivity (Wildman–Crippen MR) is 63.0 cm³/mol. The summed E-state index contributed by atoms with van der Waals surface area (Å²) in [5.41, 5.74) is 6.12. The molecule has 0 aliphatic rings. The minimum atomic E-state index is 0.617. The molecule has 0 bridgehead atoms. The number of aldehydes is 1. The molecule has 4 heteroatoms. The molecule has 0 saturated carbocycles. The van der Waals surface area contributed by atoms with Crippen molar-refractivity contribution in [1.82, 2.24) is 4.98 Å². The molecule has 78 valence electrons. The van der Waals surface area contributed by atoms with Crippen LogP contribution in [0.4, 0.5) is 0 Å². The van der Waals surface area contributed by atoms with E-state index in [1.807, 2.05) is 23.6 Å². The molecule has 2 aromatic rings. The summed E-state index contributed by atoms with van der Waals surface area (Å²) in [6, 6.07) is 5.83. The fraction of sp³-hybridized carbons (Fsp3) is 0.0909. The van der Waals surface area contributed by atoms with E-state index in [0.29, 0.717) is 5.56 Å². The molecule has 0 unspecified atom stereocenters. The molecule has 2 aromatic heterocycles. The molecule has 0 fully saturated rings. The summed E-state index contributed by atoms with van der Waals surface area (Å²) in [6.07, 6.45) is 4.13. The summed E-state index contributed by atoms with van der Waals surface area (Å²) < 4.78 is 0. The van der Waals surface area contributed by atoms with Gasteiger partial charge in [-0.2, -0.15) is 0 Å². The summed E-state index contributed by atoms with van der Waals surface area (Å²) in [5.74, 6) is 0. The van der Waals surface area contributed by atoms with Crippen LogP contribution in [0.15, 0.2) is 36.0 Å². The number of hydrogen-bond acceptors (Lipinski definition) is 4. The van der Waals surface area contributed by atoms with Gasteiger partial charge >= 0.3 is 0 Å². The van der Waals surface area contributed by atoms with Gasteiger partial charge in [0, 0.05) is 28.4 Å². The Morgan fingerprint density at radius 1 is 1.40 bits per heavy atom. The number of thiophene rings is 1. The monoisotopic (exact) mass is 220 g/mol. The van der Waals surface area contributed by atoms with Gasteiger partial charge in [-0.3, -0.25) is 9.78 Å². The first-order valence-corrected chi connectivity index (χ1v) is 5.30. The van der Waals surface area contributed by atoms with Crippen molar-refractivity contribution in [1.29, 1.82) is 0 Å². The number of hydrogen-bond donors (Lipinski definition) is 1. The van der Waals surface area contributed by atoms with Crippen molar-refractivity contribution in [3.8, 4) is 10.4 Å². The second-order valence-electron chi connectivity index (χ2n) is 2.60. The van der Waals surface area contributed by atoms with Gasteiger partial charge in [0.1, 0.15) is 0 Å². The number of pyridine rings is 1. The van der Waals surface area contributed by atoms with E-state index in [-0.39, 0.29) is 0 Å². The van der Waals surface area contributed by atoms with Gasteiger partial charge < -0.3 is 5.73 Å². The second kappa shape index (κ2) is 6.06. The maximum atomic E-state index is 10.5. The molecule has 0 radical (unpaired) electrons. The van der Waals surface area contributed by atoms with Gasteiger partial charge in [0.2, 0.25) is 0 Å². The van der Waals surface area contributed by atoms with Crippen LogP contribution in [0.5, 0.6) is 0 Å². The molecule has 0 saturated heterocycles. The Morgan fingerprint density at radius 2 is 2.20 bits per heavy atom. The molecule has 2 N–H and O–H groups in total. The maximum absolute atomic E-state index is 10.5. The minimum absolute atomic E-state index is 0.617. The number of nitrogens with two attached hydrogens (primary N) is 1. The Morgan fingerprint density at radius 3 is 2.80 bits per heavy atom. The first-order valence-electron chi connectivity index (χ1n) is 4.42. The lowest BCUT2D eigenvalue weighted by molar-refractivity contribution is 0.112. The highest BCUT2D eigenvalue weighted by Crippen LogP contribution is 2.23. The van der Waals surface area contributed by atoms with Crippen molar-refractivity contribution in [3.05, 3.63) is 41.5 Å². The lowest BCUT2D eigenvalue weighted by atomic mass is 10.2. The Hall–Kier alpha value is -1.52. The van der Waals surface area contributed by atoms with Crippen molar-refractivity contribution in [2.24, 2.45) is 5.73 Å². The highest BCUT2D eigenvalue weighted by Gasteiger charge is 1.99. The van der Waals surface area contributed by atoms with Gasteiger partial charge in [-0.15, -0.1) is 11.3 Å². The van der Waals surface area contributed by atoms with E-state index >= 15 is 0 Å². The SMILES string of the molecule is CN.O=Cc1cncc(-c2cccs2)c1. The number of carbonyl (C=O) groups is 1. The van der Waals surface area contributed by atoms with Gasteiger partial charge in [-0.1, -0.05) is 6.07 Å². The van der Waals surface area contributed by atoms with Crippen LogP contribution in [0, 0.1) is 0 Å². The molecule has 0 aromatic carbocycles. The summed E-state index contributed by atoms with van der Waals surface area (Å²) in [7, 11) is 1.50. The Kier molecular flexibility index (Phi) is 4.66. The fourth-order valence-corrected chi connectivity index (χ4v) is 1.81. The topological polar surface area (TPSA) is 56.0 Å². The van der Waals surface area contributed by atoms with E-state index in [1.165, 1.54) is 7.05 Å². The second-order valence-corrected chi connectivity index (χ2v) is 3.55. The van der Waals surface area contributed by atoms with Gasteiger partial charge in [0.15, 0.2) is 6.29 Å². The molecule has 3 nitrogen and oxygen atoms in total. The summed E-state index contributed by atoms with van der Waals surface area (Å²) >= 11 is 1.64. The van der Waals surface area contributed by atoms with Crippen molar-refractivity contribution in [2.45, 2.75) is 0 Å². The van der Waals surface area contributed by atoms with Crippen molar-refractivity contribution in [3.63, 3.8) is 0 Å². The normalized spacial score (nSPS) is 8.93. The molecule has 0 amide bonds. The van der Waals surface area contributed by atoms with Crippen LogP contribution in [-0.2, 0) is 0 Å². The fourth-order valence-electron chi connectivity index (χ4n) is 1.10. The lowest BCUT2D eigenvalue weighted by Gasteiger charge is -1.96. The zero-order valence-corrected chi connectivity index (χ0v) is 9.20. The van der Waals surface area contributed by atoms with Crippen LogP contribution in [0.3, 0.4) is 0 Å². The van der Waals surface area contributed by atoms with Crippen LogP contribution < -0.4 is 5.73 Å². The molecule has 0 aliphatic carbocycles. The molecule has 0 spiro atoms. The van der Waals surface area contributed by atoms with Gasteiger partial charge in [-0.25, -0.2) is 0 Å². The third kappa shape index (κ3) is 2.97. The van der Waals surface area contributed by atoms with Crippen LogP contribution in [0.2, 0.25) is 0 Å². The van der Waals surface area contributed by atoms with E-state index < -0.39 is 0 Å². The zero-order valence-electron chi connectivity index (χ0n) is 8.38. The molecule has 15 heavy (non-hydrogen) atoms. The highest BCUT2D eigenvalue weighted by molar-refractivity contribution is 7.13. The smallest absolute Gasteiger partial charge is 0.151 e. The molecular formula is C11H12N2OS. The molecule has 2 rings (SSSR count). The van der Waals surface area contributed by atoms with Crippen molar-refractivity contribution >= 4 is 17.6 Å². The Bertz CT molecular complexity index is 412. The summed E-state index contributed by atoms with van der Waals surface area (Å²) in [4.78, 5) is 15.6. The van der Waals surface area contributed by atoms with Crippen molar-refractivity contribution < 1.29 is 4.79 Å². The van der Waals surface area contributed by atoms with Crippen molar-refractivity contribution in [2.75, 3.05) is 7.05 Å². The molecular weight excluding hydrogens is 208 g/mol. The number of rotatable bonds is 2. The van der Waals surface area contributed by atoms with Gasteiger partial charge in [-0.05, 0) is 24.6 Å². The third-order valence-electron chi connectivity index (χ3n) is 1.70. The zero-order chi connectivity index (χ0) is 11.1. The van der Waals surface area contributed by atoms with Gasteiger partial charge in [0.25, 0.3) is 0 Å². The van der Waals surface area contributed by atoms with E-state index in [1.54, 1.807) is 23.7 Å². The first kappa shape index (κ1) is 11.6. The molecule has 2 heterocycles. The number of aromatic nitrogens is 1. The van der Waals surface area contributed by atoms with Crippen LogP contribution in [0.1, 0.15) is 10.4 Å². The summed E-state index contributed by atoms with van der Waals surface area (Å²) in [5, 5.41) is 2.00. The highest BCUT2D eigenvalue weighted by atomic mass is 32.1. The van der Waals surface area contributed by atoms with E-state index in [2.05, 4.69) is 10.7 Å². The Labute approximate surface area is 92.6 Å². The molecule has 0 atom stereocenters.